The number of esters is 3. The number of ether oxygens (including phenoxy) is 3. The number of hydrogen-bond acceptors (Lipinski definition) is 6. The summed E-state index contributed by atoms with van der Waals surface area (Å²) >= 11 is 0. The first-order chi connectivity index (χ1) is 17.9. The van der Waals surface area contributed by atoms with Gasteiger partial charge in [-0.2, -0.15) is 0 Å². The zero-order valence-corrected chi connectivity index (χ0v) is 20.0. The fraction of sp³-hybridized carbons (Fsp3) is 0.0645. The van der Waals surface area contributed by atoms with Crippen LogP contribution in [0, 0.1) is 0 Å². The molecule has 0 unspecified atom stereocenters. The van der Waals surface area contributed by atoms with E-state index < -0.39 is 17.9 Å². The van der Waals surface area contributed by atoms with E-state index in [1.54, 1.807) is 30.3 Å². The van der Waals surface area contributed by atoms with Crippen molar-refractivity contribution in [2.45, 2.75) is 13.2 Å². The van der Waals surface area contributed by atoms with E-state index in [0.717, 1.165) is 45.2 Å². The van der Waals surface area contributed by atoms with Crippen LogP contribution >= 0.6 is 0 Å². The van der Waals surface area contributed by atoms with Crippen molar-refractivity contribution in [3.63, 3.8) is 0 Å². The van der Waals surface area contributed by atoms with Gasteiger partial charge in [-0.15, -0.1) is 0 Å². The lowest BCUT2D eigenvalue weighted by Gasteiger charge is -2.09. The summed E-state index contributed by atoms with van der Waals surface area (Å²) in [6.07, 6.45) is 2.24. The molecular weight excluding hydrogens is 468 g/mol. The largest absolute Gasteiger partial charge is 0.458 e. The number of benzene rings is 4. The third-order valence-electron chi connectivity index (χ3n) is 5.59. The second-order valence-electron chi connectivity index (χ2n) is 8.13. The molecule has 0 aliphatic heterocycles. The molecule has 0 saturated heterocycles. The maximum atomic E-state index is 12.6. The van der Waals surface area contributed by atoms with E-state index in [1.807, 2.05) is 48.5 Å². The highest BCUT2D eigenvalue weighted by molar-refractivity contribution is 5.93. The first-order valence-corrected chi connectivity index (χ1v) is 11.5. The molecule has 0 bridgehead atoms. The van der Waals surface area contributed by atoms with E-state index in [2.05, 4.69) is 19.2 Å². The highest BCUT2D eigenvalue weighted by Gasteiger charge is 2.10. The average Bonchev–Trinajstić information content (AvgIpc) is 2.94. The summed E-state index contributed by atoms with van der Waals surface area (Å²) in [5, 5.41) is 1.93. The van der Waals surface area contributed by atoms with Crippen LogP contribution in [0.1, 0.15) is 21.5 Å². The highest BCUT2D eigenvalue weighted by atomic mass is 16.5. The molecule has 0 heterocycles. The summed E-state index contributed by atoms with van der Waals surface area (Å²) in [5.41, 5.74) is 4.08. The van der Waals surface area contributed by atoms with Crippen molar-refractivity contribution >= 4 is 28.7 Å². The molecule has 0 amide bonds. The molecule has 0 aliphatic rings. The molecule has 0 N–H and O–H groups in total. The minimum absolute atomic E-state index is 0.0994. The Bertz CT molecular complexity index is 1470. The fourth-order valence-corrected chi connectivity index (χ4v) is 3.59. The molecule has 6 nitrogen and oxygen atoms in total. The van der Waals surface area contributed by atoms with Crippen molar-refractivity contribution in [1.29, 1.82) is 0 Å². The van der Waals surface area contributed by atoms with Crippen molar-refractivity contribution in [3.8, 4) is 16.9 Å². The van der Waals surface area contributed by atoms with E-state index in [-0.39, 0.29) is 13.2 Å². The van der Waals surface area contributed by atoms with Gasteiger partial charge in [0.2, 0.25) is 0 Å². The molecule has 4 rings (SSSR count). The maximum absolute atomic E-state index is 12.6. The molecule has 6 heteroatoms. The molecule has 0 atom stereocenters. The van der Waals surface area contributed by atoms with Crippen LogP contribution in [-0.2, 0) is 32.3 Å². The summed E-state index contributed by atoms with van der Waals surface area (Å²) in [4.78, 5) is 35.0. The molecule has 4 aromatic carbocycles. The second-order valence-corrected chi connectivity index (χ2v) is 8.13. The summed E-state index contributed by atoms with van der Waals surface area (Å²) in [6.45, 7) is 7.03. The predicted molar refractivity (Wildman–Crippen MR) is 141 cm³/mol. The Morgan fingerprint density at radius 3 is 1.73 bits per heavy atom. The van der Waals surface area contributed by atoms with Crippen molar-refractivity contribution in [1.82, 2.24) is 0 Å². The van der Waals surface area contributed by atoms with Crippen molar-refractivity contribution in [2.24, 2.45) is 0 Å². The lowest BCUT2D eigenvalue weighted by atomic mass is 10.0. The summed E-state index contributed by atoms with van der Waals surface area (Å²) < 4.78 is 15.6. The van der Waals surface area contributed by atoms with Crippen LogP contribution in [0.2, 0.25) is 0 Å². The van der Waals surface area contributed by atoms with Gasteiger partial charge in [-0.3, -0.25) is 0 Å². The fourth-order valence-electron chi connectivity index (χ4n) is 3.59. The van der Waals surface area contributed by atoms with Crippen LogP contribution in [-0.4, -0.2) is 17.9 Å². The molecule has 0 aromatic heterocycles. The van der Waals surface area contributed by atoms with Crippen LogP contribution in [0.25, 0.3) is 21.9 Å². The molecule has 4 aromatic rings. The van der Waals surface area contributed by atoms with E-state index in [0.29, 0.717) is 11.3 Å². The van der Waals surface area contributed by atoms with Gasteiger partial charge in [0.15, 0.2) is 0 Å². The second kappa shape index (κ2) is 11.6. The number of hydrogen-bond donors (Lipinski definition) is 0. The monoisotopic (exact) mass is 492 g/mol. The van der Waals surface area contributed by atoms with E-state index in [9.17, 15) is 14.4 Å². The molecule has 37 heavy (non-hydrogen) atoms. The minimum Gasteiger partial charge on any atom is -0.458 e. The van der Waals surface area contributed by atoms with Gasteiger partial charge in [0, 0.05) is 12.2 Å². The maximum Gasteiger partial charge on any atom is 0.343 e. The number of carbonyl (C=O) groups is 3. The van der Waals surface area contributed by atoms with Gasteiger partial charge in [0.25, 0.3) is 0 Å². The van der Waals surface area contributed by atoms with Crippen LogP contribution in [0.4, 0.5) is 0 Å². The molecule has 0 aliphatic carbocycles. The molecule has 0 radical (unpaired) electrons. The van der Waals surface area contributed by atoms with Crippen LogP contribution in [0.15, 0.2) is 110 Å². The van der Waals surface area contributed by atoms with Gasteiger partial charge in [0.1, 0.15) is 19.0 Å². The number of rotatable bonds is 9. The first-order valence-electron chi connectivity index (χ1n) is 11.5. The zero-order valence-electron chi connectivity index (χ0n) is 20.0. The third kappa shape index (κ3) is 6.58. The zero-order chi connectivity index (χ0) is 26.2. The summed E-state index contributed by atoms with van der Waals surface area (Å²) in [7, 11) is 0. The van der Waals surface area contributed by atoms with Gasteiger partial charge in [0.05, 0.1) is 5.56 Å². The normalized spacial score (nSPS) is 10.4. The molecule has 0 fully saturated rings. The minimum atomic E-state index is -0.506. The van der Waals surface area contributed by atoms with Crippen LogP contribution < -0.4 is 4.74 Å². The van der Waals surface area contributed by atoms with E-state index in [4.69, 9.17) is 14.2 Å². The first kappa shape index (κ1) is 25.1. The smallest absolute Gasteiger partial charge is 0.343 e. The van der Waals surface area contributed by atoms with Gasteiger partial charge < -0.3 is 14.2 Å². The number of carbonyl (C=O) groups excluding carboxylic acids is 3. The highest BCUT2D eigenvalue weighted by Crippen LogP contribution is 2.28. The Morgan fingerprint density at radius 1 is 0.622 bits per heavy atom. The van der Waals surface area contributed by atoms with Crippen molar-refractivity contribution in [2.75, 3.05) is 0 Å². The van der Waals surface area contributed by atoms with Gasteiger partial charge in [-0.05, 0) is 63.4 Å². The summed E-state index contributed by atoms with van der Waals surface area (Å²) in [5.74, 6) is -1.00. The van der Waals surface area contributed by atoms with Crippen LogP contribution in [0.5, 0.6) is 5.75 Å². The number of fused-ring (bicyclic) bond motifs is 1. The topological polar surface area (TPSA) is 78.9 Å². The Kier molecular flexibility index (Phi) is 7.91. The molecule has 184 valence electrons. The molecular formula is C31H24O6. The summed E-state index contributed by atoms with van der Waals surface area (Å²) in [6, 6.07) is 25.9. The average molecular weight is 493 g/mol. The van der Waals surface area contributed by atoms with E-state index in [1.165, 1.54) is 0 Å². The SMILES string of the molecule is C=CC(=O)OCc1ccc(C(=O)Oc2ccc3cc(-c4ccc(COC(=O)C=C)cc4)ccc3c2)cc1. The van der Waals surface area contributed by atoms with Crippen molar-refractivity contribution in [3.05, 3.63) is 127 Å². The standard InChI is InChI=1S/C31H24O6/c1-3-29(32)35-19-21-5-9-23(10-6-21)25-13-14-27-18-28(16-15-26(27)17-25)37-31(34)24-11-7-22(8-12-24)20-36-30(33)4-2/h3-18H,1-2,19-20H2. The van der Waals surface area contributed by atoms with Gasteiger partial charge in [-0.1, -0.05) is 67.8 Å². The molecule has 0 spiro atoms. The lowest BCUT2D eigenvalue weighted by molar-refractivity contribution is -0.139. The van der Waals surface area contributed by atoms with Crippen LogP contribution in [0.3, 0.4) is 0 Å². The Labute approximate surface area is 214 Å². The Morgan fingerprint density at radius 2 is 1.14 bits per heavy atom. The Balaban J connectivity index is 1.41. The predicted octanol–water partition coefficient (Wildman–Crippen LogP) is 6.18. The lowest BCUT2D eigenvalue weighted by Crippen LogP contribution is -2.08. The Hall–Kier alpha value is -4.97. The third-order valence-corrected chi connectivity index (χ3v) is 5.59. The molecule has 0 saturated carbocycles. The van der Waals surface area contributed by atoms with Crippen molar-refractivity contribution < 1.29 is 28.6 Å². The quantitative estimate of drug-likeness (QED) is 0.158. The van der Waals surface area contributed by atoms with Gasteiger partial charge in [-0.25, -0.2) is 14.4 Å². The van der Waals surface area contributed by atoms with Gasteiger partial charge >= 0.3 is 17.9 Å². The van der Waals surface area contributed by atoms with E-state index >= 15 is 0 Å².